The molecule has 6 heteroatoms. The maximum atomic E-state index is 10.8. The molecule has 0 N–H and O–H groups in total. The number of carbonyl (C=O) groups excluding carboxylic acids is 2. The van der Waals surface area contributed by atoms with Crippen molar-refractivity contribution in [3.63, 3.8) is 0 Å². The summed E-state index contributed by atoms with van der Waals surface area (Å²) >= 11 is 0. The van der Waals surface area contributed by atoms with E-state index < -0.39 is 24.3 Å². The zero-order valence-electron chi connectivity index (χ0n) is 18.7. The fraction of sp³-hybridized carbons (Fsp3) is 0.818. The monoisotopic (exact) mass is 444 g/mol. The van der Waals surface area contributed by atoms with Gasteiger partial charge in [0.05, 0.1) is 0 Å². The number of carboxylic acid groups (broad SMARTS) is 2. The number of unbranched alkanes of at least 4 members (excludes halogenated alkanes) is 14. The average molecular weight is 445 g/mol. The third kappa shape index (κ3) is 26.0. The number of aliphatic carboxylic acids is 2. The zero-order valence-corrected chi connectivity index (χ0v) is 24.9. The molecule has 0 spiro atoms. The van der Waals surface area contributed by atoms with Crippen molar-refractivity contribution in [1.29, 1.82) is 0 Å². The van der Waals surface area contributed by atoms with Crippen molar-refractivity contribution in [3.05, 3.63) is 12.2 Å². The van der Waals surface area contributed by atoms with Crippen molar-refractivity contribution in [1.82, 2.24) is 0 Å². The molecule has 0 heterocycles. The van der Waals surface area contributed by atoms with Gasteiger partial charge in [0.2, 0.25) is 0 Å². The van der Waals surface area contributed by atoms with Crippen LogP contribution in [0.5, 0.6) is 0 Å². The van der Waals surface area contributed by atoms with Crippen LogP contribution in [-0.4, -0.2) is 11.9 Å². The quantitative estimate of drug-likeness (QED) is 0.130. The van der Waals surface area contributed by atoms with Gasteiger partial charge in [-0.05, 0) is 19.3 Å². The summed E-state index contributed by atoms with van der Waals surface area (Å²) in [7, 11) is 0. The summed E-state index contributed by atoms with van der Waals surface area (Å²) in [5.41, 5.74) is 0. The van der Waals surface area contributed by atoms with E-state index in [0.717, 1.165) is 19.3 Å². The Morgan fingerprint density at radius 2 is 1.11 bits per heavy atom. The molecular formula is C22H38K2O4. The molecule has 0 saturated carbocycles. The third-order valence-electron chi connectivity index (χ3n) is 4.78. The molecule has 0 aliphatic heterocycles. The van der Waals surface area contributed by atoms with E-state index in [1.165, 1.54) is 83.1 Å². The van der Waals surface area contributed by atoms with Crippen molar-refractivity contribution in [2.45, 2.75) is 110 Å². The van der Waals surface area contributed by atoms with Crippen molar-refractivity contribution in [2.24, 2.45) is 5.92 Å². The van der Waals surface area contributed by atoms with E-state index in [1.807, 2.05) is 0 Å². The SMILES string of the molecule is CCCCCCCCCCCCCCCC/C=C/C(CC(=O)[O-])C(=O)[O-].[K+].[K+]. The van der Waals surface area contributed by atoms with Gasteiger partial charge in [-0.2, -0.15) is 0 Å². The summed E-state index contributed by atoms with van der Waals surface area (Å²) in [6.07, 6.45) is 21.8. The van der Waals surface area contributed by atoms with E-state index in [0.29, 0.717) is 0 Å². The molecule has 28 heavy (non-hydrogen) atoms. The second-order valence-corrected chi connectivity index (χ2v) is 7.31. The molecule has 4 nitrogen and oxygen atoms in total. The van der Waals surface area contributed by atoms with Gasteiger partial charge in [0.1, 0.15) is 0 Å². The topological polar surface area (TPSA) is 80.3 Å². The van der Waals surface area contributed by atoms with Crippen LogP contribution in [0.1, 0.15) is 110 Å². The smallest absolute Gasteiger partial charge is 0.550 e. The van der Waals surface area contributed by atoms with E-state index >= 15 is 0 Å². The Balaban J connectivity index is -0.00000312. The number of carbonyl (C=O) groups is 2. The minimum Gasteiger partial charge on any atom is -0.550 e. The molecule has 0 aliphatic rings. The normalized spacial score (nSPS) is 11.6. The molecule has 0 aliphatic carbocycles. The van der Waals surface area contributed by atoms with Crippen LogP contribution in [0, 0.1) is 5.92 Å². The van der Waals surface area contributed by atoms with E-state index in [4.69, 9.17) is 0 Å². The van der Waals surface area contributed by atoms with Crippen LogP contribution in [0.25, 0.3) is 0 Å². The largest absolute Gasteiger partial charge is 1.00 e. The first-order valence-corrected chi connectivity index (χ1v) is 10.6. The Morgan fingerprint density at radius 3 is 1.46 bits per heavy atom. The fourth-order valence-corrected chi connectivity index (χ4v) is 3.13. The van der Waals surface area contributed by atoms with E-state index in [-0.39, 0.29) is 103 Å². The van der Waals surface area contributed by atoms with Crippen LogP contribution in [-0.2, 0) is 9.59 Å². The van der Waals surface area contributed by atoms with Crippen molar-refractivity contribution in [2.75, 3.05) is 0 Å². The molecule has 0 aromatic rings. The molecule has 1 unspecified atom stereocenters. The van der Waals surface area contributed by atoms with Gasteiger partial charge >= 0.3 is 103 Å². The number of carboxylic acids is 2. The van der Waals surface area contributed by atoms with Crippen molar-refractivity contribution in [3.8, 4) is 0 Å². The first kappa shape index (κ1) is 34.6. The number of rotatable bonds is 19. The third-order valence-corrected chi connectivity index (χ3v) is 4.78. The minimum absolute atomic E-state index is 0. The zero-order chi connectivity index (χ0) is 19.5. The Kier molecular flexibility index (Phi) is 33.3. The van der Waals surface area contributed by atoms with Crippen molar-refractivity contribution < 1.29 is 123 Å². The molecular weight excluding hydrogens is 406 g/mol. The first-order valence-electron chi connectivity index (χ1n) is 10.6. The number of allylic oxidation sites excluding steroid dienone is 1. The standard InChI is InChI=1S/C22H40O4.2K/c1-2-3-4-5-6-7-8-9-10-11-12-13-14-15-16-17-18-20(22(25)26)19-21(23)24;;/h17-18,20H,2-16,19H2,1H3,(H,23,24)(H,25,26);;/q;2*+1/p-2/b18-17+;;. The van der Waals surface area contributed by atoms with E-state index in [1.54, 1.807) is 6.08 Å². The van der Waals surface area contributed by atoms with Crippen LogP contribution in [0.3, 0.4) is 0 Å². The molecule has 0 fully saturated rings. The summed E-state index contributed by atoms with van der Waals surface area (Å²) in [4.78, 5) is 21.2. The Hall–Kier alpha value is 1.95. The second kappa shape index (κ2) is 27.0. The maximum absolute atomic E-state index is 10.8. The van der Waals surface area contributed by atoms with Gasteiger partial charge in [0.15, 0.2) is 0 Å². The predicted molar refractivity (Wildman–Crippen MR) is 102 cm³/mol. The second-order valence-electron chi connectivity index (χ2n) is 7.31. The van der Waals surface area contributed by atoms with Crippen LogP contribution in [0.2, 0.25) is 0 Å². The molecule has 0 saturated heterocycles. The Bertz CT molecular complexity index is 387. The van der Waals surface area contributed by atoms with Crippen LogP contribution < -0.4 is 113 Å². The van der Waals surface area contributed by atoms with Gasteiger partial charge in [-0.25, -0.2) is 0 Å². The van der Waals surface area contributed by atoms with E-state index in [9.17, 15) is 19.8 Å². The summed E-state index contributed by atoms with van der Waals surface area (Å²) in [5, 5.41) is 21.2. The van der Waals surface area contributed by atoms with Gasteiger partial charge in [0, 0.05) is 17.9 Å². The molecule has 0 aromatic heterocycles. The van der Waals surface area contributed by atoms with Crippen LogP contribution in [0.15, 0.2) is 12.2 Å². The summed E-state index contributed by atoms with van der Waals surface area (Å²) < 4.78 is 0. The fourth-order valence-electron chi connectivity index (χ4n) is 3.13. The maximum Gasteiger partial charge on any atom is 1.00 e. The van der Waals surface area contributed by atoms with Gasteiger partial charge < -0.3 is 19.8 Å². The van der Waals surface area contributed by atoms with Crippen LogP contribution >= 0.6 is 0 Å². The molecule has 0 amide bonds. The Morgan fingerprint density at radius 1 is 0.714 bits per heavy atom. The summed E-state index contributed by atoms with van der Waals surface area (Å²) in [6, 6.07) is 0. The van der Waals surface area contributed by atoms with Crippen LogP contribution in [0.4, 0.5) is 0 Å². The van der Waals surface area contributed by atoms with Gasteiger partial charge in [0.25, 0.3) is 0 Å². The van der Waals surface area contributed by atoms with Gasteiger partial charge in [-0.1, -0.05) is 103 Å². The van der Waals surface area contributed by atoms with Gasteiger partial charge in [-0.3, -0.25) is 0 Å². The average Bonchev–Trinajstić information content (AvgIpc) is 2.59. The molecule has 0 radical (unpaired) electrons. The molecule has 0 aromatic carbocycles. The molecule has 1 atom stereocenters. The minimum atomic E-state index is -1.36. The molecule has 0 bridgehead atoms. The number of hydrogen-bond acceptors (Lipinski definition) is 4. The predicted octanol–water partition coefficient (Wildman–Crippen LogP) is -2.07. The molecule has 152 valence electrons. The van der Waals surface area contributed by atoms with Crippen molar-refractivity contribution >= 4 is 11.9 Å². The van der Waals surface area contributed by atoms with Gasteiger partial charge in [-0.15, -0.1) is 0 Å². The number of hydrogen-bond donors (Lipinski definition) is 0. The van der Waals surface area contributed by atoms with E-state index in [2.05, 4.69) is 6.92 Å². The molecule has 0 rings (SSSR count). The Labute approximate surface area is 257 Å². The first-order chi connectivity index (χ1) is 12.6. The summed E-state index contributed by atoms with van der Waals surface area (Å²) in [5.74, 6) is -3.79. The summed E-state index contributed by atoms with van der Waals surface area (Å²) in [6.45, 7) is 2.25.